The molecule has 1 aliphatic rings. The summed E-state index contributed by atoms with van der Waals surface area (Å²) in [7, 11) is 0. The van der Waals surface area contributed by atoms with E-state index in [2.05, 4.69) is 11.1 Å². The van der Waals surface area contributed by atoms with Crippen molar-refractivity contribution in [3.05, 3.63) is 22.9 Å². The number of hydrogen-bond donors (Lipinski definition) is 1. The molecule has 13 heavy (non-hydrogen) atoms. The van der Waals surface area contributed by atoms with Crippen molar-refractivity contribution in [3.8, 4) is 6.07 Å². The Morgan fingerprint density at radius 1 is 1.62 bits per heavy atom. The third-order valence-electron chi connectivity index (χ3n) is 2.17. The Morgan fingerprint density at radius 2 is 2.46 bits per heavy atom. The van der Waals surface area contributed by atoms with Crippen molar-refractivity contribution in [1.82, 2.24) is 4.98 Å². The molecule has 0 aliphatic carbocycles. The second kappa shape index (κ2) is 3.27. The Morgan fingerprint density at radius 3 is 3.23 bits per heavy atom. The molecular weight excluding hydrogens is 182 g/mol. The zero-order chi connectivity index (χ0) is 9.26. The molecule has 0 unspecified atom stereocenters. The summed E-state index contributed by atoms with van der Waals surface area (Å²) in [4.78, 5) is 4.01. The first-order valence-electron chi connectivity index (χ1n) is 4.07. The van der Waals surface area contributed by atoms with Crippen LogP contribution in [0, 0.1) is 11.3 Å². The molecule has 0 atom stereocenters. The molecule has 2 N–H and O–H groups in total. The molecule has 0 aromatic carbocycles. The van der Waals surface area contributed by atoms with Gasteiger partial charge in [-0.3, -0.25) is 0 Å². The molecule has 0 amide bonds. The highest BCUT2D eigenvalue weighted by atomic mass is 32.2. The number of hydrogen-bond acceptors (Lipinski definition) is 4. The summed E-state index contributed by atoms with van der Waals surface area (Å²) in [6, 6.07) is 2.13. The number of thioether (sulfide) groups is 1. The average Bonchev–Trinajstić information content (AvgIpc) is 2.18. The zero-order valence-electron chi connectivity index (χ0n) is 7.08. The van der Waals surface area contributed by atoms with Crippen LogP contribution in [0.15, 0.2) is 6.20 Å². The van der Waals surface area contributed by atoms with E-state index in [1.54, 1.807) is 6.20 Å². The lowest BCUT2D eigenvalue weighted by molar-refractivity contribution is 1.05. The van der Waals surface area contributed by atoms with Gasteiger partial charge in [0.05, 0.1) is 5.56 Å². The molecule has 0 fully saturated rings. The minimum Gasteiger partial charge on any atom is -0.383 e. The molecule has 1 aliphatic heterocycles. The van der Waals surface area contributed by atoms with E-state index < -0.39 is 0 Å². The molecular formula is C9H9N3S. The van der Waals surface area contributed by atoms with Gasteiger partial charge in [-0.15, -0.1) is 0 Å². The van der Waals surface area contributed by atoms with Crippen molar-refractivity contribution in [2.75, 3.05) is 11.5 Å². The van der Waals surface area contributed by atoms with Gasteiger partial charge >= 0.3 is 0 Å². The van der Waals surface area contributed by atoms with E-state index >= 15 is 0 Å². The van der Waals surface area contributed by atoms with Crippen molar-refractivity contribution in [1.29, 1.82) is 5.26 Å². The zero-order valence-corrected chi connectivity index (χ0v) is 7.90. The fourth-order valence-electron chi connectivity index (χ4n) is 1.50. The van der Waals surface area contributed by atoms with Crippen LogP contribution in [0.1, 0.15) is 16.7 Å². The Hall–Kier alpha value is -1.21. The number of fused-ring (bicyclic) bond motifs is 1. The molecule has 0 radical (unpaired) electrons. The SMILES string of the molecule is N#Cc1c(N)ncc2c1CCSC2. The second-order valence-electron chi connectivity index (χ2n) is 2.94. The summed E-state index contributed by atoms with van der Waals surface area (Å²) in [6.45, 7) is 0. The molecule has 66 valence electrons. The van der Waals surface area contributed by atoms with Gasteiger partial charge < -0.3 is 5.73 Å². The number of pyridine rings is 1. The van der Waals surface area contributed by atoms with Crippen LogP contribution in [0.25, 0.3) is 0 Å². The van der Waals surface area contributed by atoms with Gasteiger partial charge in [-0.2, -0.15) is 17.0 Å². The Labute approximate surface area is 81.0 Å². The first-order chi connectivity index (χ1) is 6.33. The van der Waals surface area contributed by atoms with E-state index in [-0.39, 0.29) is 0 Å². The minimum absolute atomic E-state index is 0.369. The monoisotopic (exact) mass is 191 g/mol. The summed E-state index contributed by atoms with van der Waals surface area (Å²) in [5, 5.41) is 8.90. The predicted octanol–water partition coefficient (Wildman–Crippen LogP) is 1.32. The van der Waals surface area contributed by atoms with Gasteiger partial charge in [-0.05, 0) is 23.3 Å². The molecule has 0 spiro atoms. The molecule has 2 rings (SSSR count). The van der Waals surface area contributed by atoms with Crippen LogP contribution in [-0.4, -0.2) is 10.7 Å². The van der Waals surface area contributed by atoms with Crippen molar-refractivity contribution >= 4 is 17.6 Å². The highest BCUT2D eigenvalue weighted by Gasteiger charge is 2.15. The van der Waals surface area contributed by atoms with Crippen LogP contribution >= 0.6 is 11.8 Å². The molecule has 0 saturated carbocycles. The average molecular weight is 191 g/mol. The van der Waals surface area contributed by atoms with E-state index in [0.29, 0.717) is 11.4 Å². The number of nitriles is 1. The van der Waals surface area contributed by atoms with Gasteiger partial charge in [0.15, 0.2) is 0 Å². The molecule has 2 heterocycles. The van der Waals surface area contributed by atoms with Crippen LogP contribution in [0.3, 0.4) is 0 Å². The molecule has 1 aromatic rings. The summed E-state index contributed by atoms with van der Waals surface area (Å²) in [5.41, 5.74) is 8.47. The standard InChI is InChI=1S/C9H9N3S/c10-3-8-7-1-2-13-5-6(7)4-12-9(8)11/h4H,1-2,5H2,(H2,11,12). The summed E-state index contributed by atoms with van der Waals surface area (Å²) in [6.07, 6.45) is 2.73. The topological polar surface area (TPSA) is 62.7 Å². The first-order valence-corrected chi connectivity index (χ1v) is 5.22. The Bertz CT molecular complexity index is 381. The maximum Gasteiger partial charge on any atom is 0.141 e. The predicted molar refractivity (Wildman–Crippen MR) is 53.2 cm³/mol. The highest BCUT2D eigenvalue weighted by molar-refractivity contribution is 7.98. The van der Waals surface area contributed by atoms with Crippen molar-refractivity contribution in [3.63, 3.8) is 0 Å². The third kappa shape index (κ3) is 1.36. The number of nitrogen functional groups attached to an aromatic ring is 1. The van der Waals surface area contributed by atoms with Crippen LogP contribution in [0.4, 0.5) is 5.82 Å². The highest BCUT2D eigenvalue weighted by Crippen LogP contribution is 2.28. The van der Waals surface area contributed by atoms with Crippen LogP contribution in [0.2, 0.25) is 0 Å². The van der Waals surface area contributed by atoms with Crippen molar-refractivity contribution in [2.24, 2.45) is 0 Å². The Balaban J connectivity index is 2.60. The van der Waals surface area contributed by atoms with Gasteiger partial charge in [0, 0.05) is 11.9 Å². The number of nitrogens with zero attached hydrogens (tertiary/aromatic N) is 2. The largest absolute Gasteiger partial charge is 0.383 e. The van der Waals surface area contributed by atoms with Gasteiger partial charge in [0.25, 0.3) is 0 Å². The van der Waals surface area contributed by atoms with E-state index in [0.717, 1.165) is 23.5 Å². The lowest BCUT2D eigenvalue weighted by atomic mass is 10.0. The first kappa shape index (κ1) is 8.39. The van der Waals surface area contributed by atoms with Crippen LogP contribution in [-0.2, 0) is 12.2 Å². The molecule has 0 saturated heterocycles. The minimum atomic E-state index is 0.369. The third-order valence-corrected chi connectivity index (χ3v) is 3.18. The summed E-state index contributed by atoms with van der Waals surface area (Å²) < 4.78 is 0. The van der Waals surface area contributed by atoms with Gasteiger partial charge in [-0.25, -0.2) is 4.98 Å². The lowest BCUT2D eigenvalue weighted by Crippen LogP contribution is -2.08. The number of anilines is 1. The quantitative estimate of drug-likeness (QED) is 0.672. The van der Waals surface area contributed by atoms with Gasteiger partial charge in [-0.1, -0.05) is 0 Å². The van der Waals surface area contributed by atoms with Gasteiger partial charge in [0.2, 0.25) is 0 Å². The summed E-state index contributed by atoms with van der Waals surface area (Å²) in [5.74, 6) is 2.40. The molecule has 3 nitrogen and oxygen atoms in total. The lowest BCUT2D eigenvalue weighted by Gasteiger charge is -2.16. The normalized spacial score (nSPS) is 14.7. The van der Waals surface area contributed by atoms with Crippen molar-refractivity contribution < 1.29 is 0 Å². The van der Waals surface area contributed by atoms with Crippen molar-refractivity contribution in [2.45, 2.75) is 12.2 Å². The molecule has 4 heteroatoms. The van der Waals surface area contributed by atoms with Crippen LogP contribution in [0.5, 0.6) is 0 Å². The second-order valence-corrected chi connectivity index (χ2v) is 4.04. The fourth-order valence-corrected chi connectivity index (χ4v) is 2.46. The summed E-state index contributed by atoms with van der Waals surface area (Å²) >= 11 is 1.87. The number of rotatable bonds is 0. The fraction of sp³-hybridized carbons (Fsp3) is 0.333. The van der Waals surface area contributed by atoms with E-state index in [4.69, 9.17) is 11.0 Å². The van der Waals surface area contributed by atoms with E-state index in [9.17, 15) is 0 Å². The van der Waals surface area contributed by atoms with Crippen LogP contribution < -0.4 is 5.73 Å². The van der Waals surface area contributed by atoms with Gasteiger partial charge in [0.1, 0.15) is 11.9 Å². The smallest absolute Gasteiger partial charge is 0.141 e. The van der Waals surface area contributed by atoms with E-state index in [1.165, 1.54) is 5.56 Å². The molecule has 1 aromatic heterocycles. The van der Waals surface area contributed by atoms with E-state index in [1.807, 2.05) is 11.8 Å². The number of nitrogens with two attached hydrogens (primary N) is 1. The molecule has 0 bridgehead atoms. The maximum atomic E-state index is 8.90. The number of aromatic nitrogens is 1. The Kier molecular flexibility index (Phi) is 2.11. The maximum absolute atomic E-state index is 8.90.